The minimum atomic E-state index is -0.352. The molecule has 7 nitrogen and oxygen atoms in total. The van der Waals surface area contributed by atoms with Crippen LogP contribution in [0.3, 0.4) is 0 Å². The maximum atomic E-state index is 13.1. The molecule has 0 bridgehead atoms. The molecule has 1 fully saturated rings. The maximum absolute atomic E-state index is 13.1. The van der Waals surface area contributed by atoms with E-state index < -0.39 is 0 Å². The van der Waals surface area contributed by atoms with Crippen molar-refractivity contribution in [1.82, 2.24) is 15.2 Å². The van der Waals surface area contributed by atoms with Gasteiger partial charge in [-0.1, -0.05) is 6.07 Å². The molecule has 7 heteroatoms. The lowest BCUT2D eigenvalue weighted by atomic mass is 10.1. The van der Waals surface area contributed by atoms with E-state index in [2.05, 4.69) is 15.2 Å². The maximum Gasteiger partial charge on any atom is 0.268 e. The molecule has 2 aromatic heterocycles. The quantitative estimate of drug-likeness (QED) is 0.508. The number of nitrogens with zero attached hydrogens (tertiary/aromatic N) is 3. The Morgan fingerprint density at radius 2 is 2.12 bits per heavy atom. The number of pyridine rings is 1. The van der Waals surface area contributed by atoms with Crippen LogP contribution in [-0.4, -0.2) is 27.0 Å². The molecule has 0 saturated heterocycles. The molecule has 0 radical (unpaired) electrons. The van der Waals surface area contributed by atoms with E-state index in [-0.39, 0.29) is 11.9 Å². The second-order valence-electron chi connectivity index (χ2n) is 5.84. The van der Waals surface area contributed by atoms with E-state index in [1.165, 1.54) is 11.1 Å². The van der Waals surface area contributed by atoms with Crippen LogP contribution < -0.4 is 10.6 Å². The Morgan fingerprint density at radius 1 is 1.29 bits per heavy atom. The monoisotopic (exact) mass is 320 g/mol. The summed E-state index contributed by atoms with van der Waals surface area (Å²) in [7, 11) is 0. The van der Waals surface area contributed by atoms with E-state index in [9.17, 15) is 4.79 Å². The number of nitrogens with two attached hydrogens (primary N) is 1. The highest BCUT2D eigenvalue weighted by atomic mass is 16.2. The molecule has 24 heavy (non-hydrogen) atoms. The summed E-state index contributed by atoms with van der Waals surface area (Å²) in [5, 5.41) is 15.6. The highest BCUT2D eigenvalue weighted by Gasteiger charge is 2.33. The molecule has 0 aliphatic heterocycles. The molecule has 1 aromatic carbocycles. The van der Waals surface area contributed by atoms with Crippen LogP contribution in [0.2, 0.25) is 0 Å². The fraction of sp³-hybridized carbons (Fsp3) is 0.176. The van der Waals surface area contributed by atoms with Crippen LogP contribution in [0, 0.1) is 5.41 Å². The zero-order chi connectivity index (χ0) is 16.7. The van der Waals surface area contributed by atoms with Crippen molar-refractivity contribution < 1.29 is 4.79 Å². The van der Waals surface area contributed by atoms with Crippen molar-refractivity contribution in [1.29, 1.82) is 5.41 Å². The molecular formula is C17H16N6O. The van der Waals surface area contributed by atoms with Crippen molar-refractivity contribution in [3.8, 4) is 0 Å². The number of fused-ring (bicyclic) bond motifs is 1. The Bertz CT molecular complexity index is 938. The fourth-order valence-electron chi connectivity index (χ4n) is 2.90. The molecule has 3 aromatic rings. The predicted octanol–water partition coefficient (Wildman–Crippen LogP) is 2.38. The lowest BCUT2D eigenvalue weighted by Crippen LogP contribution is -2.41. The van der Waals surface area contributed by atoms with Gasteiger partial charge < -0.3 is 5.73 Å². The number of rotatable bonds is 3. The summed E-state index contributed by atoms with van der Waals surface area (Å²) in [6.07, 6.45) is 5.28. The molecular weight excluding hydrogens is 304 g/mol. The first-order chi connectivity index (χ1) is 11.7. The van der Waals surface area contributed by atoms with Gasteiger partial charge in [0.05, 0.1) is 28.7 Å². The molecule has 0 spiro atoms. The highest BCUT2D eigenvalue weighted by Crippen LogP contribution is 2.41. The van der Waals surface area contributed by atoms with Gasteiger partial charge in [-0.05, 0) is 37.1 Å². The SMILES string of the molecule is N=C(N)N(C(=O)c1cn[nH]c1C1CC1)c1cccc2ncccc12. The third-order valence-corrected chi connectivity index (χ3v) is 4.19. The summed E-state index contributed by atoms with van der Waals surface area (Å²) in [6, 6.07) is 9.07. The minimum Gasteiger partial charge on any atom is -0.369 e. The number of guanidine groups is 1. The van der Waals surface area contributed by atoms with Crippen molar-refractivity contribution in [2.45, 2.75) is 18.8 Å². The molecule has 1 aliphatic rings. The fourth-order valence-corrected chi connectivity index (χ4v) is 2.90. The number of aromatic nitrogens is 3. The average Bonchev–Trinajstić information content (AvgIpc) is 3.31. The number of hydrogen-bond donors (Lipinski definition) is 3. The largest absolute Gasteiger partial charge is 0.369 e. The van der Waals surface area contributed by atoms with Gasteiger partial charge >= 0.3 is 0 Å². The molecule has 1 saturated carbocycles. The number of nitrogens with one attached hydrogen (secondary N) is 2. The van der Waals surface area contributed by atoms with Crippen molar-refractivity contribution in [2.24, 2.45) is 5.73 Å². The molecule has 120 valence electrons. The summed E-state index contributed by atoms with van der Waals surface area (Å²) in [6.45, 7) is 0. The number of anilines is 1. The van der Waals surface area contributed by atoms with Crippen molar-refractivity contribution in [3.05, 3.63) is 54.0 Å². The van der Waals surface area contributed by atoms with Crippen molar-refractivity contribution in [3.63, 3.8) is 0 Å². The summed E-state index contributed by atoms with van der Waals surface area (Å²) in [4.78, 5) is 18.6. The standard InChI is InChI=1S/C17H16N6O/c18-17(19)23(14-5-1-4-13-11(14)3-2-8-20-13)16(24)12-9-21-22-15(12)10-6-7-10/h1-5,8-10H,6-7H2,(H3,18,19)(H,21,22). The molecule has 0 unspecified atom stereocenters. The molecule has 4 N–H and O–H groups in total. The smallest absolute Gasteiger partial charge is 0.268 e. The van der Waals surface area contributed by atoms with E-state index in [0.29, 0.717) is 17.2 Å². The van der Waals surface area contributed by atoms with Gasteiger partial charge in [0, 0.05) is 17.5 Å². The molecule has 1 amide bonds. The van der Waals surface area contributed by atoms with Gasteiger partial charge in [-0.25, -0.2) is 4.90 Å². The number of hydrogen-bond acceptors (Lipinski definition) is 4. The first-order valence-electron chi connectivity index (χ1n) is 7.72. The van der Waals surface area contributed by atoms with E-state index >= 15 is 0 Å². The van der Waals surface area contributed by atoms with E-state index in [1.54, 1.807) is 24.4 Å². The first kappa shape index (κ1) is 14.4. The Kier molecular flexibility index (Phi) is 3.26. The number of aromatic amines is 1. The number of H-pyrrole nitrogens is 1. The van der Waals surface area contributed by atoms with Gasteiger partial charge in [-0.2, -0.15) is 5.10 Å². The summed E-state index contributed by atoms with van der Waals surface area (Å²) >= 11 is 0. The highest BCUT2D eigenvalue weighted by molar-refractivity contribution is 6.24. The minimum absolute atomic E-state index is 0.334. The molecule has 1 aliphatic carbocycles. The van der Waals surface area contributed by atoms with Crippen LogP contribution in [-0.2, 0) is 0 Å². The Hall–Kier alpha value is -3.22. The van der Waals surface area contributed by atoms with Crippen LogP contribution in [0.25, 0.3) is 10.9 Å². The molecule has 0 atom stereocenters. The van der Waals surface area contributed by atoms with Crippen molar-refractivity contribution in [2.75, 3.05) is 4.90 Å². The van der Waals surface area contributed by atoms with Crippen LogP contribution in [0.15, 0.2) is 42.7 Å². The summed E-state index contributed by atoms with van der Waals surface area (Å²) in [5.41, 5.74) is 8.32. The number of carbonyl (C=O) groups excluding carboxylic acids is 1. The van der Waals surface area contributed by atoms with Crippen molar-refractivity contribution >= 4 is 28.5 Å². The van der Waals surface area contributed by atoms with Gasteiger partial charge in [-0.3, -0.25) is 20.3 Å². The number of carbonyl (C=O) groups is 1. The zero-order valence-corrected chi connectivity index (χ0v) is 12.9. The zero-order valence-electron chi connectivity index (χ0n) is 12.9. The van der Waals surface area contributed by atoms with Gasteiger partial charge in [0.2, 0.25) is 0 Å². The Balaban J connectivity index is 1.83. The lowest BCUT2D eigenvalue weighted by molar-refractivity contribution is 0.100. The molecule has 4 rings (SSSR count). The first-order valence-corrected chi connectivity index (χ1v) is 7.72. The average molecular weight is 320 g/mol. The van der Waals surface area contributed by atoms with Gasteiger partial charge in [-0.15, -0.1) is 0 Å². The predicted molar refractivity (Wildman–Crippen MR) is 91.0 cm³/mol. The lowest BCUT2D eigenvalue weighted by Gasteiger charge is -2.22. The Morgan fingerprint density at radius 3 is 2.88 bits per heavy atom. The number of benzene rings is 1. The number of amides is 1. The Labute approximate surface area is 138 Å². The van der Waals surface area contributed by atoms with Gasteiger partial charge in [0.15, 0.2) is 5.96 Å². The third kappa shape index (κ3) is 2.30. The van der Waals surface area contributed by atoms with Gasteiger partial charge in [0.25, 0.3) is 5.91 Å². The molecule has 2 heterocycles. The van der Waals surface area contributed by atoms with E-state index in [0.717, 1.165) is 29.4 Å². The second-order valence-corrected chi connectivity index (χ2v) is 5.84. The normalized spacial score (nSPS) is 13.8. The van der Waals surface area contributed by atoms with Crippen LogP contribution in [0.1, 0.15) is 34.8 Å². The third-order valence-electron chi connectivity index (χ3n) is 4.19. The van der Waals surface area contributed by atoms with E-state index in [1.807, 2.05) is 12.1 Å². The van der Waals surface area contributed by atoms with Gasteiger partial charge in [0.1, 0.15) is 0 Å². The van der Waals surface area contributed by atoms with E-state index in [4.69, 9.17) is 11.1 Å². The second kappa shape index (κ2) is 5.45. The summed E-state index contributed by atoms with van der Waals surface area (Å²) < 4.78 is 0. The summed E-state index contributed by atoms with van der Waals surface area (Å²) in [5.74, 6) is -0.344. The van der Waals surface area contributed by atoms with Crippen LogP contribution in [0.4, 0.5) is 5.69 Å². The van der Waals surface area contributed by atoms with Crippen LogP contribution >= 0.6 is 0 Å². The topological polar surface area (TPSA) is 112 Å². The van der Waals surface area contributed by atoms with Crippen LogP contribution in [0.5, 0.6) is 0 Å².